The lowest BCUT2D eigenvalue weighted by Crippen LogP contribution is -1.89. The lowest BCUT2D eigenvalue weighted by molar-refractivity contribution is 0.478. The molecule has 0 aliphatic heterocycles. The Morgan fingerprint density at radius 1 is 0.882 bits per heavy atom. The van der Waals surface area contributed by atoms with E-state index in [0.717, 1.165) is 31.3 Å². The van der Waals surface area contributed by atoms with Gasteiger partial charge in [0.25, 0.3) is 0 Å². The molecule has 0 atom stereocenters. The van der Waals surface area contributed by atoms with E-state index >= 15 is 0 Å². The molecule has 0 radical (unpaired) electrons. The van der Waals surface area contributed by atoms with Crippen molar-refractivity contribution in [2.45, 2.75) is 5.33 Å². The van der Waals surface area contributed by atoms with Crippen LogP contribution in [0.15, 0.2) is 51.4 Å². The minimum Gasteiger partial charge on any atom is -0.457 e. The van der Waals surface area contributed by atoms with Crippen molar-refractivity contribution >= 4 is 47.8 Å². The summed E-state index contributed by atoms with van der Waals surface area (Å²) in [6.45, 7) is 0. The third kappa shape index (κ3) is 3.57. The second kappa shape index (κ2) is 6.03. The van der Waals surface area contributed by atoms with Crippen molar-refractivity contribution in [2.24, 2.45) is 0 Å². The van der Waals surface area contributed by atoms with Gasteiger partial charge in [-0.15, -0.1) is 0 Å². The van der Waals surface area contributed by atoms with Gasteiger partial charge in [-0.3, -0.25) is 0 Å². The highest BCUT2D eigenvalue weighted by molar-refractivity contribution is 9.10. The molecule has 0 amide bonds. The van der Waals surface area contributed by atoms with E-state index in [4.69, 9.17) is 4.74 Å². The predicted molar refractivity (Wildman–Crippen MR) is 81.0 cm³/mol. The summed E-state index contributed by atoms with van der Waals surface area (Å²) in [4.78, 5) is 0. The third-order valence-corrected chi connectivity index (χ3v) is 3.83. The topological polar surface area (TPSA) is 9.23 Å². The summed E-state index contributed by atoms with van der Waals surface area (Å²) in [5.41, 5.74) is 1.11. The summed E-state index contributed by atoms with van der Waals surface area (Å²) in [5.74, 6) is 1.70. The van der Waals surface area contributed by atoms with Crippen LogP contribution in [0.25, 0.3) is 0 Å². The van der Waals surface area contributed by atoms with Crippen molar-refractivity contribution in [3.8, 4) is 11.5 Å². The smallest absolute Gasteiger partial charge is 0.131 e. The molecule has 0 N–H and O–H groups in total. The molecule has 88 valence electrons. The third-order valence-electron chi connectivity index (χ3n) is 2.21. The van der Waals surface area contributed by atoms with Crippen LogP contribution in [-0.4, -0.2) is 0 Å². The molecule has 0 bridgehead atoms. The molecule has 17 heavy (non-hydrogen) atoms. The molecule has 2 aromatic rings. The van der Waals surface area contributed by atoms with E-state index < -0.39 is 0 Å². The summed E-state index contributed by atoms with van der Waals surface area (Å²) in [6, 6.07) is 13.8. The fourth-order valence-electron chi connectivity index (χ4n) is 1.38. The van der Waals surface area contributed by atoms with Crippen LogP contribution in [0.2, 0.25) is 0 Å². The molecule has 0 aliphatic rings. The van der Waals surface area contributed by atoms with E-state index in [1.807, 2.05) is 42.5 Å². The van der Waals surface area contributed by atoms with E-state index in [2.05, 4.69) is 47.8 Å². The standard InChI is InChI=1S/C13H9Br3O/c14-8-9-7-11(16)3-6-13(9)17-12-4-1-10(15)2-5-12/h1-7H,8H2. The van der Waals surface area contributed by atoms with Gasteiger partial charge in [0.05, 0.1) is 0 Å². The Morgan fingerprint density at radius 3 is 2.18 bits per heavy atom. The molecule has 0 saturated heterocycles. The largest absolute Gasteiger partial charge is 0.457 e. The first-order chi connectivity index (χ1) is 8.19. The van der Waals surface area contributed by atoms with Gasteiger partial charge in [0.2, 0.25) is 0 Å². The molecule has 0 aromatic heterocycles. The van der Waals surface area contributed by atoms with Gasteiger partial charge in [0, 0.05) is 19.8 Å². The SMILES string of the molecule is BrCc1cc(Br)ccc1Oc1ccc(Br)cc1. The highest BCUT2D eigenvalue weighted by atomic mass is 79.9. The van der Waals surface area contributed by atoms with Crippen LogP contribution in [0, 0.1) is 0 Å². The van der Waals surface area contributed by atoms with E-state index in [0.29, 0.717) is 0 Å². The Bertz CT molecular complexity index is 509. The average molecular weight is 421 g/mol. The fourth-order valence-corrected chi connectivity index (χ4v) is 2.49. The minimum atomic E-state index is 0.762. The summed E-state index contributed by atoms with van der Waals surface area (Å²) in [6.07, 6.45) is 0. The normalized spacial score (nSPS) is 10.3. The molecule has 0 spiro atoms. The number of alkyl halides is 1. The van der Waals surface area contributed by atoms with E-state index in [1.54, 1.807) is 0 Å². The second-order valence-corrected chi connectivity index (χ2v) is 5.83. The van der Waals surface area contributed by atoms with Crippen LogP contribution in [0.4, 0.5) is 0 Å². The van der Waals surface area contributed by atoms with Crippen LogP contribution in [0.3, 0.4) is 0 Å². The van der Waals surface area contributed by atoms with Gasteiger partial charge in [-0.05, 0) is 42.5 Å². The Labute approximate surface area is 126 Å². The Kier molecular flexibility index (Phi) is 4.65. The van der Waals surface area contributed by atoms with Gasteiger partial charge in [0.15, 0.2) is 0 Å². The molecule has 0 unspecified atom stereocenters. The zero-order valence-corrected chi connectivity index (χ0v) is 13.5. The first kappa shape index (κ1) is 13.1. The zero-order valence-electron chi connectivity index (χ0n) is 8.79. The quantitative estimate of drug-likeness (QED) is 0.562. The highest BCUT2D eigenvalue weighted by Gasteiger charge is 2.04. The molecule has 1 nitrogen and oxygen atoms in total. The average Bonchev–Trinajstić information content (AvgIpc) is 2.34. The van der Waals surface area contributed by atoms with Gasteiger partial charge in [-0.25, -0.2) is 0 Å². The van der Waals surface area contributed by atoms with Crippen molar-refractivity contribution in [3.63, 3.8) is 0 Å². The maximum Gasteiger partial charge on any atom is 0.131 e. The maximum absolute atomic E-state index is 5.84. The fraction of sp³-hybridized carbons (Fsp3) is 0.0769. The molecular weight excluding hydrogens is 412 g/mol. The minimum absolute atomic E-state index is 0.762. The van der Waals surface area contributed by atoms with E-state index in [1.165, 1.54) is 0 Å². The zero-order chi connectivity index (χ0) is 12.3. The maximum atomic E-state index is 5.84. The first-order valence-electron chi connectivity index (χ1n) is 4.97. The predicted octanol–water partition coefficient (Wildman–Crippen LogP) is 5.90. The molecular formula is C13H9Br3O. The van der Waals surface area contributed by atoms with Gasteiger partial charge in [-0.2, -0.15) is 0 Å². The molecule has 0 heterocycles. The van der Waals surface area contributed by atoms with E-state index in [9.17, 15) is 0 Å². The second-order valence-electron chi connectivity index (χ2n) is 3.44. The van der Waals surface area contributed by atoms with E-state index in [-0.39, 0.29) is 0 Å². The summed E-state index contributed by atoms with van der Waals surface area (Å²) < 4.78 is 7.93. The number of benzene rings is 2. The van der Waals surface area contributed by atoms with Gasteiger partial charge < -0.3 is 4.74 Å². The van der Waals surface area contributed by atoms with Crippen molar-refractivity contribution in [1.29, 1.82) is 0 Å². The monoisotopic (exact) mass is 418 g/mol. The van der Waals surface area contributed by atoms with Crippen LogP contribution in [0.1, 0.15) is 5.56 Å². The van der Waals surface area contributed by atoms with Gasteiger partial charge in [0.1, 0.15) is 11.5 Å². The first-order valence-corrected chi connectivity index (χ1v) is 7.67. The number of ether oxygens (including phenoxy) is 1. The van der Waals surface area contributed by atoms with Crippen molar-refractivity contribution in [2.75, 3.05) is 0 Å². The van der Waals surface area contributed by atoms with Crippen LogP contribution in [0.5, 0.6) is 11.5 Å². The molecule has 0 saturated carbocycles. The van der Waals surface area contributed by atoms with Crippen molar-refractivity contribution in [1.82, 2.24) is 0 Å². The number of hydrogen-bond donors (Lipinski definition) is 0. The number of rotatable bonds is 3. The molecule has 4 heteroatoms. The number of hydrogen-bond acceptors (Lipinski definition) is 1. The molecule has 2 aromatic carbocycles. The molecule has 0 fully saturated rings. The van der Waals surface area contributed by atoms with Crippen LogP contribution in [-0.2, 0) is 5.33 Å². The molecule has 2 rings (SSSR count). The van der Waals surface area contributed by atoms with Crippen LogP contribution >= 0.6 is 47.8 Å². The molecule has 0 aliphatic carbocycles. The number of halogens is 3. The highest BCUT2D eigenvalue weighted by Crippen LogP contribution is 2.30. The lowest BCUT2D eigenvalue weighted by atomic mass is 10.2. The Balaban J connectivity index is 2.26. The van der Waals surface area contributed by atoms with Crippen molar-refractivity contribution < 1.29 is 4.74 Å². The van der Waals surface area contributed by atoms with Gasteiger partial charge >= 0.3 is 0 Å². The summed E-state index contributed by atoms with van der Waals surface area (Å²) >= 11 is 10.3. The van der Waals surface area contributed by atoms with Gasteiger partial charge in [-0.1, -0.05) is 47.8 Å². The van der Waals surface area contributed by atoms with Crippen LogP contribution < -0.4 is 4.74 Å². The lowest BCUT2D eigenvalue weighted by Gasteiger charge is -2.10. The Hall–Kier alpha value is -0.320. The Morgan fingerprint density at radius 2 is 1.53 bits per heavy atom. The summed E-state index contributed by atoms with van der Waals surface area (Å²) in [7, 11) is 0. The summed E-state index contributed by atoms with van der Waals surface area (Å²) in [5, 5.41) is 0.762. The van der Waals surface area contributed by atoms with Crippen molar-refractivity contribution in [3.05, 3.63) is 57.0 Å².